The van der Waals surface area contributed by atoms with Crippen molar-refractivity contribution in [3.8, 4) is 23.0 Å². The van der Waals surface area contributed by atoms with E-state index in [0.29, 0.717) is 56.7 Å². The van der Waals surface area contributed by atoms with Crippen LogP contribution in [0.3, 0.4) is 0 Å². The van der Waals surface area contributed by atoms with E-state index in [2.05, 4.69) is 15.9 Å². The van der Waals surface area contributed by atoms with Crippen molar-refractivity contribution in [2.24, 2.45) is 0 Å². The van der Waals surface area contributed by atoms with Crippen molar-refractivity contribution >= 4 is 45.6 Å². The Morgan fingerprint density at radius 3 is 1.82 bits per heavy atom. The van der Waals surface area contributed by atoms with Crippen LogP contribution in [-0.4, -0.2) is 66.5 Å². The molecule has 1 aliphatic carbocycles. The SMILES string of the molecule is CCc1c(C)c(OC(=O)c2c(C)c(C)c(OC(=O)[C@@]3(O)C(C)=CC(=O)C=C3OC)c(Br)c2O)cc(C)c1C(=O)Oc1c(C)c(C)c(C(=O)OCOC)c(C)c1C. The summed E-state index contributed by atoms with van der Waals surface area (Å²) in [6.45, 7) is 16.4. The van der Waals surface area contributed by atoms with Gasteiger partial charge >= 0.3 is 23.9 Å². The lowest BCUT2D eigenvalue weighted by Crippen LogP contribution is -2.47. The Kier molecular flexibility index (Phi) is 13.0. The van der Waals surface area contributed by atoms with Crippen molar-refractivity contribution in [1.29, 1.82) is 0 Å². The molecule has 13 nitrogen and oxygen atoms in total. The normalized spacial score (nSPS) is 15.1. The summed E-state index contributed by atoms with van der Waals surface area (Å²) in [7, 11) is 2.60. The minimum absolute atomic E-state index is 0.0371. The van der Waals surface area contributed by atoms with Gasteiger partial charge < -0.3 is 38.6 Å². The van der Waals surface area contributed by atoms with Crippen LogP contribution in [0.15, 0.2) is 34.0 Å². The van der Waals surface area contributed by atoms with Crippen LogP contribution in [0, 0.1) is 55.4 Å². The van der Waals surface area contributed by atoms with E-state index in [1.54, 1.807) is 48.5 Å². The van der Waals surface area contributed by atoms with Gasteiger partial charge in [0.2, 0.25) is 5.60 Å². The second-order valence-electron chi connectivity index (χ2n) is 13.5. The van der Waals surface area contributed by atoms with Crippen molar-refractivity contribution in [3.05, 3.63) is 101 Å². The summed E-state index contributed by atoms with van der Waals surface area (Å²) in [5.74, 6) is -4.50. The summed E-state index contributed by atoms with van der Waals surface area (Å²) in [6, 6.07) is 1.53. The molecule has 0 radical (unpaired) electrons. The quantitative estimate of drug-likeness (QED) is 0.114. The molecule has 0 aliphatic heterocycles. The van der Waals surface area contributed by atoms with E-state index in [9.17, 15) is 34.2 Å². The molecular formula is C42H45BrO13. The molecule has 4 rings (SSSR count). The van der Waals surface area contributed by atoms with Gasteiger partial charge in [-0.05, 0) is 152 Å². The molecule has 2 N–H and O–H groups in total. The zero-order valence-corrected chi connectivity index (χ0v) is 35.0. The zero-order valence-electron chi connectivity index (χ0n) is 33.4. The largest absolute Gasteiger partial charge is 0.506 e. The van der Waals surface area contributed by atoms with E-state index in [-0.39, 0.29) is 56.4 Å². The topological polar surface area (TPSA) is 181 Å². The fourth-order valence-corrected chi connectivity index (χ4v) is 7.29. The average Bonchev–Trinajstić information content (AvgIpc) is 3.14. The minimum atomic E-state index is -2.43. The molecule has 56 heavy (non-hydrogen) atoms. The number of aliphatic hydroxyl groups is 1. The second-order valence-corrected chi connectivity index (χ2v) is 14.3. The van der Waals surface area contributed by atoms with E-state index in [1.807, 2.05) is 6.92 Å². The maximum atomic E-state index is 13.9. The number of aromatic hydroxyl groups is 1. The van der Waals surface area contributed by atoms with Crippen LogP contribution in [0.1, 0.15) is 95.0 Å². The molecule has 0 bridgehead atoms. The van der Waals surface area contributed by atoms with Crippen LogP contribution in [0.4, 0.5) is 0 Å². The predicted octanol–water partition coefficient (Wildman–Crippen LogP) is 7.08. The molecule has 3 aromatic rings. The number of carbonyl (C=O) groups excluding carboxylic acids is 5. The molecule has 3 aromatic carbocycles. The van der Waals surface area contributed by atoms with E-state index in [1.165, 1.54) is 34.1 Å². The summed E-state index contributed by atoms with van der Waals surface area (Å²) in [6.07, 6.45) is 2.41. The third-order valence-corrected chi connectivity index (χ3v) is 11.0. The number of methoxy groups -OCH3 is 2. The number of aryl methyl sites for hydroxylation is 1. The summed E-state index contributed by atoms with van der Waals surface area (Å²) in [5.41, 5.74) is 2.30. The van der Waals surface area contributed by atoms with Crippen molar-refractivity contribution in [1.82, 2.24) is 0 Å². The highest BCUT2D eigenvalue weighted by atomic mass is 79.9. The summed E-state index contributed by atoms with van der Waals surface area (Å²) in [5, 5.41) is 22.6. The lowest BCUT2D eigenvalue weighted by molar-refractivity contribution is -0.151. The average molecular weight is 838 g/mol. The Hall–Kier alpha value is -5.31. The number of hydrogen-bond acceptors (Lipinski definition) is 13. The molecule has 298 valence electrons. The van der Waals surface area contributed by atoms with E-state index in [4.69, 9.17) is 28.4 Å². The number of hydrogen-bond donors (Lipinski definition) is 2. The molecular weight excluding hydrogens is 792 g/mol. The van der Waals surface area contributed by atoms with Gasteiger partial charge in [-0.15, -0.1) is 0 Å². The number of benzene rings is 3. The van der Waals surface area contributed by atoms with Crippen LogP contribution >= 0.6 is 15.9 Å². The molecule has 0 saturated heterocycles. The minimum Gasteiger partial charge on any atom is -0.506 e. The van der Waals surface area contributed by atoms with Crippen molar-refractivity contribution in [2.45, 2.75) is 81.3 Å². The maximum Gasteiger partial charge on any atom is 0.356 e. The third kappa shape index (κ3) is 7.60. The lowest BCUT2D eigenvalue weighted by atomic mass is 9.87. The van der Waals surface area contributed by atoms with E-state index in [0.717, 1.165) is 12.2 Å². The second kappa shape index (κ2) is 16.8. The van der Waals surface area contributed by atoms with Gasteiger partial charge in [-0.1, -0.05) is 6.92 Å². The lowest BCUT2D eigenvalue weighted by Gasteiger charge is -2.30. The number of allylic oxidation sites excluding steroid dienone is 2. The fraction of sp³-hybridized carbons (Fsp3) is 0.357. The number of carbonyl (C=O) groups is 5. The molecule has 0 saturated carbocycles. The van der Waals surface area contributed by atoms with Crippen LogP contribution in [0.25, 0.3) is 0 Å². The molecule has 0 aromatic heterocycles. The van der Waals surface area contributed by atoms with Gasteiger partial charge in [0.15, 0.2) is 18.3 Å². The summed E-state index contributed by atoms with van der Waals surface area (Å²) >= 11 is 3.23. The molecule has 1 atom stereocenters. The molecule has 1 aliphatic rings. The highest BCUT2D eigenvalue weighted by Crippen LogP contribution is 2.44. The van der Waals surface area contributed by atoms with Gasteiger partial charge in [-0.3, -0.25) is 4.79 Å². The summed E-state index contributed by atoms with van der Waals surface area (Å²) in [4.78, 5) is 65.9. The number of rotatable bonds is 11. The van der Waals surface area contributed by atoms with E-state index < -0.39 is 41.0 Å². The Balaban J connectivity index is 1.67. The van der Waals surface area contributed by atoms with Gasteiger partial charge in [0.05, 0.1) is 18.2 Å². The number of ether oxygens (including phenoxy) is 6. The number of phenols is 1. The Morgan fingerprint density at radius 2 is 1.27 bits per heavy atom. The molecule has 0 spiro atoms. The van der Waals surface area contributed by atoms with Crippen molar-refractivity contribution in [3.63, 3.8) is 0 Å². The van der Waals surface area contributed by atoms with Crippen LogP contribution in [-0.2, 0) is 30.2 Å². The van der Waals surface area contributed by atoms with Crippen LogP contribution in [0.2, 0.25) is 0 Å². The number of ketones is 1. The molecule has 0 unspecified atom stereocenters. The van der Waals surface area contributed by atoms with Gasteiger partial charge in [0.1, 0.15) is 33.0 Å². The monoisotopic (exact) mass is 836 g/mol. The first-order valence-corrected chi connectivity index (χ1v) is 18.3. The molecule has 0 heterocycles. The molecule has 0 amide bonds. The van der Waals surface area contributed by atoms with Crippen LogP contribution in [0.5, 0.6) is 23.0 Å². The number of halogens is 1. The Labute approximate surface area is 333 Å². The van der Waals surface area contributed by atoms with Crippen molar-refractivity contribution in [2.75, 3.05) is 21.0 Å². The Morgan fingerprint density at radius 1 is 0.714 bits per heavy atom. The first-order valence-electron chi connectivity index (χ1n) is 17.5. The van der Waals surface area contributed by atoms with Gasteiger partial charge in [-0.25, -0.2) is 19.2 Å². The van der Waals surface area contributed by atoms with Crippen LogP contribution < -0.4 is 14.2 Å². The van der Waals surface area contributed by atoms with Gasteiger partial charge in [-0.2, -0.15) is 0 Å². The van der Waals surface area contributed by atoms with Gasteiger partial charge in [0.25, 0.3) is 0 Å². The maximum absolute atomic E-state index is 13.9. The summed E-state index contributed by atoms with van der Waals surface area (Å²) < 4.78 is 32.5. The molecule has 0 fully saturated rings. The van der Waals surface area contributed by atoms with E-state index >= 15 is 0 Å². The highest BCUT2D eigenvalue weighted by molar-refractivity contribution is 9.10. The zero-order chi connectivity index (χ0) is 42.1. The number of phenolic OH excluding ortho intramolecular Hbond substituents is 1. The fourth-order valence-electron chi connectivity index (χ4n) is 6.71. The predicted molar refractivity (Wildman–Crippen MR) is 208 cm³/mol. The Bertz CT molecular complexity index is 2200. The molecule has 14 heteroatoms. The first kappa shape index (κ1) is 43.4. The standard InChI is InChI=1S/C42H45BrO13/c1-13-28-26(10)29(14-18(2)31(28)39(47)55-36-23(7)20(4)32(21(5)24(36)8)38(46)53-17-51-11)54-40(48)33-22(6)25(9)37(34(43)35(33)45)56-41(49)42(50)19(3)15-27(44)16-30(42)52-12/h14-16,45,50H,13,17H2,1-12H3/t42-/m1/s1. The third-order valence-electron chi connectivity index (χ3n) is 10.3. The van der Waals surface area contributed by atoms with Crippen molar-refractivity contribution < 1.29 is 62.6 Å². The first-order chi connectivity index (χ1) is 26.2. The number of esters is 4. The highest BCUT2D eigenvalue weighted by Gasteiger charge is 2.48. The van der Waals surface area contributed by atoms with Gasteiger partial charge in [0, 0.05) is 13.2 Å². The smallest absolute Gasteiger partial charge is 0.356 e.